The smallest absolute Gasteiger partial charge is 0.312 e. The average Bonchev–Trinajstić information content (AvgIpc) is 2.26. The van der Waals surface area contributed by atoms with Gasteiger partial charge < -0.3 is 5.11 Å². The highest BCUT2D eigenvalue weighted by Gasteiger charge is 2.06. The van der Waals surface area contributed by atoms with Gasteiger partial charge in [0.25, 0.3) is 5.91 Å². The lowest BCUT2D eigenvalue weighted by Gasteiger charge is -2.02. The Kier molecular flexibility index (Phi) is 4.39. The first-order chi connectivity index (χ1) is 7.99. The second-order valence-corrected chi connectivity index (χ2v) is 3.67. The van der Waals surface area contributed by atoms with E-state index in [4.69, 9.17) is 5.11 Å². The highest BCUT2D eigenvalue weighted by atomic mass is 16.4. The van der Waals surface area contributed by atoms with Gasteiger partial charge in [0.2, 0.25) is 0 Å². The Morgan fingerprint density at radius 1 is 1.29 bits per heavy atom. The number of nitrogens with one attached hydrogen (secondary N) is 1. The SMILES string of the molecule is C/C(=N/NC(=O)CC(=O)O)c1ccc(C)cc1. The van der Waals surface area contributed by atoms with Gasteiger partial charge in [0.05, 0.1) is 5.71 Å². The van der Waals surface area contributed by atoms with E-state index in [1.807, 2.05) is 31.2 Å². The van der Waals surface area contributed by atoms with E-state index in [9.17, 15) is 9.59 Å². The number of carboxylic acids is 1. The number of carboxylic acid groups (broad SMARTS) is 1. The summed E-state index contributed by atoms with van der Waals surface area (Å²) in [5.74, 6) is -1.81. The molecule has 1 rings (SSSR count). The lowest BCUT2D eigenvalue weighted by atomic mass is 10.1. The van der Waals surface area contributed by atoms with E-state index in [1.165, 1.54) is 0 Å². The molecule has 0 atom stereocenters. The molecule has 1 aromatic rings. The molecule has 0 saturated carbocycles. The van der Waals surface area contributed by atoms with Gasteiger partial charge >= 0.3 is 5.97 Å². The van der Waals surface area contributed by atoms with Crippen LogP contribution in [0.5, 0.6) is 0 Å². The van der Waals surface area contributed by atoms with Crippen LogP contribution in [-0.4, -0.2) is 22.7 Å². The van der Waals surface area contributed by atoms with Crippen molar-refractivity contribution >= 4 is 17.6 Å². The summed E-state index contributed by atoms with van der Waals surface area (Å²) in [7, 11) is 0. The fourth-order valence-electron chi connectivity index (χ4n) is 1.18. The van der Waals surface area contributed by atoms with Crippen LogP contribution in [-0.2, 0) is 9.59 Å². The number of rotatable bonds is 4. The van der Waals surface area contributed by atoms with E-state index in [0.717, 1.165) is 11.1 Å². The molecule has 5 nitrogen and oxygen atoms in total. The molecule has 0 saturated heterocycles. The van der Waals surface area contributed by atoms with Gasteiger partial charge in [0.15, 0.2) is 0 Å². The number of aryl methyl sites for hydroxylation is 1. The van der Waals surface area contributed by atoms with Crippen LogP contribution in [0.3, 0.4) is 0 Å². The zero-order chi connectivity index (χ0) is 12.8. The molecule has 0 unspecified atom stereocenters. The zero-order valence-corrected chi connectivity index (χ0v) is 9.73. The van der Waals surface area contributed by atoms with E-state index in [-0.39, 0.29) is 0 Å². The number of hydrazone groups is 1. The normalized spacial score (nSPS) is 11.1. The molecule has 0 bridgehead atoms. The molecule has 0 aromatic heterocycles. The fraction of sp³-hybridized carbons (Fsp3) is 0.250. The quantitative estimate of drug-likeness (QED) is 0.468. The van der Waals surface area contributed by atoms with Gasteiger partial charge in [0, 0.05) is 0 Å². The molecule has 1 aromatic carbocycles. The molecule has 0 aliphatic heterocycles. The number of carbonyl (C=O) groups excluding carboxylic acids is 1. The number of nitrogens with zero attached hydrogens (tertiary/aromatic N) is 1. The summed E-state index contributed by atoms with van der Waals surface area (Å²) >= 11 is 0. The van der Waals surface area contributed by atoms with Gasteiger partial charge in [0.1, 0.15) is 6.42 Å². The van der Waals surface area contributed by atoms with E-state index < -0.39 is 18.3 Å². The Morgan fingerprint density at radius 2 is 1.88 bits per heavy atom. The van der Waals surface area contributed by atoms with Gasteiger partial charge in [-0.3, -0.25) is 9.59 Å². The second kappa shape index (κ2) is 5.79. The summed E-state index contributed by atoms with van der Waals surface area (Å²) in [5.41, 5.74) is 4.84. The first-order valence-corrected chi connectivity index (χ1v) is 5.11. The topological polar surface area (TPSA) is 78.8 Å². The van der Waals surface area contributed by atoms with E-state index in [1.54, 1.807) is 6.92 Å². The third kappa shape index (κ3) is 4.46. The predicted octanol–water partition coefficient (Wildman–Crippen LogP) is 1.31. The standard InChI is InChI=1S/C12H14N2O3/c1-8-3-5-10(6-4-8)9(2)13-14-11(15)7-12(16)17/h3-6H,7H2,1-2H3,(H,14,15)(H,16,17)/b13-9-. The summed E-state index contributed by atoms with van der Waals surface area (Å²) in [6.07, 6.45) is -0.579. The molecule has 5 heteroatoms. The maximum Gasteiger partial charge on any atom is 0.312 e. The van der Waals surface area contributed by atoms with E-state index >= 15 is 0 Å². The van der Waals surface area contributed by atoms with Crippen LogP contribution in [0, 0.1) is 6.92 Å². The molecular formula is C12H14N2O3. The van der Waals surface area contributed by atoms with Gasteiger partial charge in [-0.2, -0.15) is 5.10 Å². The van der Waals surface area contributed by atoms with Crippen LogP contribution in [0.15, 0.2) is 29.4 Å². The number of carbonyl (C=O) groups is 2. The van der Waals surface area contributed by atoms with Crippen molar-refractivity contribution in [3.05, 3.63) is 35.4 Å². The summed E-state index contributed by atoms with van der Waals surface area (Å²) in [6, 6.07) is 7.65. The highest BCUT2D eigenvalue weighted by molar-refractivity contribution is 6.00. The Morgan fingerprint density at radius 3 is 2.41 bits per heavy atom. The predicted molar refractivity (Wildman–Crippen MR) is 63.8 cm³/mol. The minimum Gasteiger partial charge on any atom is -0.481 e. The lowest BCUT2D eigenvalue weighted by molar-refractivity contribution is -0.140. The first kappa shape index (κ1) is 12.9. The molecule has 0 aliphatic carbocycles. The Labute approximate surface area is 99.2 Å². The largest absolute Gasteiger partial charge is 0.481 e. The summed E-state index contributed by atoms with van der Waals surface area (Å²) < 4.78 is 0. The minimum atomic E-state index is -1.18. The maximum atomic E-state index is 11.0. The van der Waals surface area contributed by atoms with Crippen LogP contribution < -0.4 is 5.43 Å². The zero-order valence-electron chi connectivity index (χ0n) is 9.73. The maximum absolute atomic E-state index is 11.0. The Bertz CT molecular complexity index is 449. The molecule has 0 aliphatic rings. The lowest BCUT2D eigenvalue weighted by Crippen LogP contribution is -2.22. The van der Waals surface area contributed by atoms with Crippen LogP contribution in [0.4, 0.5) is 0 Å². The molecular weight excluding hydrogens is 220 g/mol. The van der Waals surface area contributed by atoms with E-state index in [2.05, 4.69) is 10.5 Å². The van der Waals surface area contributed by atoms with Crippen molar-refractivity contribution in [1.82, 2.24) is 5.43 Å². The number of aliphatic carboxylic acids is 1. The van der Waals surface area contributed by atoms with Crippen molar-refractivity contribution in [2.45, 2.75) is 20.3 Å². The van der Waals surface area contributed by atoms with Crippen molar-refractivity contribution in [1.29, 1.82) is 0 Å². The van der Waals surface area contributed by atoms with Crippen molar-refractivity contribution in [2.24, 2.45) is 5.10 Å². The van der Waals surface area contributed by atoms with Crippen molar-refractivity contribution < 1.29 is 14.7 Å². The molecule has 0 radical (unpaired) electrons. The third-order valence-corrected chi connectivity index (χ3v) is 2.13. The minimum absolute atomic E-state index is 0.579. The van der Waals surface area contributed by atoms with Gasteiger partial charge in [-0.25, -0.2) is 5.43 Å². The third-order valence-electron chi connectivity index (χ3n) is 2.13. The van der Waals surface area contributed by atoms with Crippen molar-refractivity contribution in [3.8, 4) is 0 Å². The Hall–Kier alpha value is -2.17. The van der Waals surface area contributed by atoms with Crippen molar-refractivity contribution in [2.75, 3.05) is 0 Å². The molecule has 2 N–H and O–H groups in total. The van der Waals surface area contributed by atoms with Gasteiger partial charge in [-0.1, -0.05) is 29.8 Å². The number of hydrogen-bond acceptors (Lipinski definition) is 3. The summed E-state index contributed by atoms with van der Waals surface area (Å²) in [4.78, 5) is 21.3. The highest BCUT2D eigenvalue weighted by Crippen LogP contribution is 2.04. The molecule has 17 heavy (non-hydrogen) atoms. The molecule has 90 valence electrons. The molecule has 0 heterocycles. The summed E-state index contributed by atoms with van der Waals surface area (Å²) in [5, 5.41) is 12.2. The summed E-state index contributed by atoms with van der Waals surface area (Å²) in [6.45, 7) is 3.72. The number of amides is 1. The monoisotopic (exact) mass is 234 g/mol. The van der Waals surface area contributed by atoms with E-state index in [0.29, 0.717) is 5.71 Å². The van der Waals surface area contributed by atoms with Crippen LogP contribution in [0.1, 0.15) is 24.5 Å². The van der Waals surface area contributed by atoms with Crippen molar-refractivity contribution in [3.63, 3.8) is 0 Å². The number of hydrogen-bond donors (Lipinski definition) is 2. The van der Waals surface area contributed by atoms with Gasteiger partial charge in [-0.15, -0.1) is 0 Å². The average molecular weight is 234 g/mol. The van der Waals surface area contributed by atoms with Crippen LogP contribution in [0.25, 0.3) is 0 Å². The molecule has 1 amide bonds. The molecule has 0 fully saturated rings. The van der Waals surface area contributed by atoms with Crippen LogP contribution >= 0.6 is 0 Å². The first-order valence-electron chi connectivity index (χ1n) is 5.11. The van der Waals surface area contributed by atoms with Gasteiger partial charge in [-0.05, 0) is 19.4 Å². The second-order valence-electron chi connectivity index (χ2n) is 3.67. The fourth-order valence-corrected chi connectivity index (χ4v) is 1.18. The number of benzene rings is 1. The van der Waals surface area contributed by atoms with Crippen LogP contribution in [0.2, 0.25) is 0 Å². The Balaban J connectivity index is 2.63. The molecule has 0 spiro atoms.